The fourth-order valence-electron chi connectivity index (χ4n) is 3.46. The average Bonchev–Trinajstić information content (AvgIpc) is 2.49. The number of hydrogen-bond donors (Lipinski definition) is 3. The molecule has 2 atom stereocenters. The predicted molar refractivity (Wildman–Crippen MR) is 72.9 cm³/mol. The average molecular weight is 242 g/mol. The van der Waals surface area contributed by atoms with Crippen molar-refractivity contribution in [3.8, 4) is 0 Å². The van der Waals surface area contributed by atoms with Crippen LogP contribution in [-0.4, -0.2) is 30.3 Å². The topological polar surface area (TPSA) is 58.3 Å². The molecule has 0 aliphatic heterocycles. The Kier molecular flexibility index (Phi) is 5.42. The molecule has 1 rings (SSSR count). The monoisotopic (exact) mass is 242 g/mol. The Bertz CT molecular complexity index is 230. The number of rotatable bonds is 7. The molecule has 0 spiro atoms. The standard InChI is InChI=1S/C14H30N2O/c1-12-9-13(2,3)10-14(12,11-15)16-7-5-4-6-8-17/h12,16-17H,4-11,15H2,1-3H3. The summed E-state index contributed by atoms with van der Waals surface area (Å²) >= 11 is 0. The molecule has 1 fully saturated rings. The van der Waals surface area contributed by atoms with Crippen LogP contribution in [0.15, 0.2) is 0 Å². The van der Waals surface area contributed by atoms with Crippen molar-refractivity contribution in [3.05, 3.63) is 0 Å². The number of unbranched alkanes of at least 4 members (excludes halogenated alkanes) is 2. The van der Waals surface area contributed by atoms with Gasteiger partial charge in [-0.2, -0.15) is 0 Å². The van der Waals surface area contributed by atoms with Gasteiger partial charge in [0.05, 0.1) is 0 Å². The number of nitrogens with one attached hydrogen (secondary N) is 1. The van der Waals surface area contributed by atoms with Gasteiger partial charge in [0, 0.05) is 18.7 Å². The highest BCUT2D eigenvalue weighted by molar-refractivity contribution is 5.04. The van der Waals surface area contributed by atoms with Crippen molar-refractivity contribution < 1.29 is 5.11 Å². The lowest BCUT2D eigenvalue weighted by molar-refractivity contribution is 0.250. The highest BCUT2D eigenvalue weighted by Crippen LogP contribution is 2.46. The smallest absolute Gasteiger partial charge is 0.0431 e. The van der Waals surface area contributed by atoms with Gasteiger partial charge in [-0.15, -0.1) is 0 Å². The van der Waals surface area contributed by atoms with E-state index in [-0.39, 0.29) is 5.54 Å². The summed E-state index contributed by atoms with van der Waals surface area (Å²) in [6.07, 6.45) is 5.58. The van der Waals surface area contributed by atoms with Crippen molar-refractivity contribution >= 4 is 0 Å². The molecule has 0 aromatic heterocycles. The number of nitrogens with two attached hydrogens (primary N) is 1. The molecule has 102 valence electrons. The van der Waals surface area contributed by atoms with Crippen LogP contribution in [0.25, 0.3) is 0 Å². The van der Waals surface area contributed by atoms with E-state index in [1.165, 1.54) is 12.8 Å². The molecule has 0 heterocycles. The van der Waals surface area contributed by atoms with Crippen LogP contribution in [0.1, 0.15) is 52.9 Å². The molecule has 4 N–H and O–H groups in total. The van der Waals surface area contributed by atoms with Gasteiger partial charge < -0.3 is 16.2 Å². The van der Waals surface area contributed by atoms with Gasteiger partial charge in [-0.3, -0.25) is 0 Å². The predicted octanol–water partition coefficient (Wildman–Crippen LogP) is 1.89. The SMILES string of the molecule is CC1CC(C)(C)CC1(CN)NCCCCCO. The maximum Gasteiger partial charge on any atom is 0.0431 e. The summed E-state index contributed by atoms with van der Waals surface area (Å²) in [5.41, 5.74) is 6.57. The Morgan fingerprint density at radius 2 is 2.00 bits per heavy atom. The molecule has 1 saturated carbocycles. The summed E-state index contributed by atoms with van der Waals surface area (Å²) in [6.45, 7) is 9.08. The molecule has 0 radical (unpaired) electrons. The molecule has 0 saturated heterocycles. The van der Waals surface area contributed by atoms with Gasteiger partial charge in [0.15, 0.2) is 0 Å². The second-order valence-corrected chi connectivity index (χ2v) is 6.52. The first kappa shape index (κ1) is 14.9. The Balaban J connectivity index is 2.41. The molecular formula is C14H30N2O. The third kappa shape index (κ3) is 3.94. The molecule has 1 aliphatic rings. The molecule has 17 heavy (non-hydrogen) atoms. The zero-order valence-corrected chi connectivity index (χ0v) is 11.8. The second kappa shape index (κ2) is 6.17. The maximum absolute atomic E-state index is 8.74. The van der Waals surface area contributed by atoms with Crippen LogP contribution in [0.2, 0.25) is 0 Å². The number of aliphatic hydroxyl groups is 1. The highest BCUT2D eigenvalue weighted by Gasteiger charge is 2.47. The first-order valence-corrected chi connectivity index (χ1v) is 7.02. The van der Waals surface area contributed by atoms with Gasteiger partial charge in [0.2, 0.25) is 0 Å². The molecule has 2 unspecified atom stereocenters. The van der Waals surface area contributed by atoms with Gasteiger partial charge in [0.1, 0.15) is 0 Å². The highest BCUT2D eigenvalue weighted by atomic mass is 16.2. The molecule has 0 aromatic rings. The van der Waals surface area contributed by atoms with Crippen LogP contribution < -0.4 is 11.1 Å². The van der Waals surface area contributed by atoms with E-state index < -0.39 is 0 Å². The molecule has 0 aromatic carbocycles. The Labute approximate surface area is 106 Å². The fraction of sp³-hybridized carbons (Fsp3) is 1.00. The van der Waals surface area contributed by atoms with Crippen molar-refractivity contribution in [1.82, 2.24) is 5.32 Å². The minimum Gasteiger partial charge on any atom is -0.396 e. The van der Waals surface area contributed by atoms with Crippen LogP contribution in [0.4, 0.5) is 0 Å². The van der Waals surface area contributed by atoms with Crippen molar-refractivity contribution in [2.75, 3.05) is 19.7 Å². The first-order valence-electron chi connectivity index (χ1n) is 7.02. The Hall–Kier alpha value is -0.120. The number of hydrogen-bond acceptors (Lipinski definition) is 3. The van der Waals surface area contributed by atoms with Crippen molar-refractivity contribution in [2.45, 2.75) is 58.4 Å². The van der Waals surface area contributed by atoms with Gasteiger partial charge in [0.25, 0.3) is 0 Å². The second-order valence-electron chi connectivity index (χ2n) is 6.52. The normalized spacial score (nSPS) is 31.9. The first-order chi connectivity index (χ1) is 7.96. The van der Waals surface area contributed by atoms with Crippen LogP contribution in [0.5, 0.6) is 0 Å². The van der Waals surface area contributed by atoms with E-state index in [1.807, 2.05) is 0 Å². The van der Waals surface area contributed by atoms with E-state index in [9.17, 15) is 0 Å². The van der Waals surface area contributed by atoms with E-state index in [1.54, 1.807) is 0 Å². The largest absolute Gasteiger partial charge is 0.396 e. The van der Waals surface area contributed by atoms with Gasteiger partial charge >= 0.3 is 0 Å². The molecule has 0 amide bonds. The zero-order chi connectivity index (χ0) is 12.9. The lowest BCUT2D eigenvalue weighted by Gasteiger charge is -2.34. The fourth-order valence-corrected chi connectivity index (χ4v) is 3.46. The van der Waals surface area contributed by atoms with E-state index in [0.717, 1.165) is 32.4 Å². The third-order valence-corrected chi connectivity index (χ3v) is 4.27. The quantitative estimate of drug-likeness (QED) is 0.598. The summed E-state index contributed by atoms with van der Waals surface area (Å²) in [7, 11) is 0. The molecule has 0 bridgehead atoms. The number of aliphatic hydroxyl groups excluding tert-OH is 1. The zero-order valence-electron chi connectivity index (χ0n) is 11.8. The van der Waals surface area contributed by atoms with E-state index in [0.29, 0.717) is 17.9 Å². The lowest BCUT2D eigenvalue weighted by Crippen LogP contribution is -2.53. The summed E-state index contributed by atoms with van der Waals surface area (Å²) < 4.78 is 0. The molecule has 3 heteroatoms. The van der Waals surface area contributed by atoms with Gasteiger partial charge in [-0.05, 0) is 50.0 Å². The van der Waals surface area contributed by atoms with Crippen LogP contribution >= 0.6 is 0 Å². The van der Waals surface area contributed by atoms with E-state index in [2.05, 4.69) is 26.1 Å². The van der Waals surface area contributed by atoms with Crippen molar-refractivity contribution in [1.29, 1.82) is 0 Å². The lowest BCUT2D eigenvalue weighted by atomic mass is 9.86. The minimum atomic E-state index is 0.142. The molecule has 3 nitrogen and oxygen atoms in total. The summed E-state index contributed by atoms with van der Waals surface area (Å²) in [6, 6.07) is 0. The van der Waals surface area contributed by atoms with E-state index >= 15 is 0 Å². The summed E-state index contributed by atoms with van der Waals surface area (Å²) in [5, 5.41) is 12.4. The summed E-state index contributed by atoms with van der Waals surface area (Å²) in [5.74, 6) is 0.653. The maximum atomic E-state index is 8.74. The van der Waals surface area contributed by atoms with Crippen molar-refractivity contribution in [2.24, 2.45) is 17.1 Å². The summed E-state index contributed by atoms with van der Waals surface area (Å²) in [4.78, 5) is 0. The van der Waals surface area contributed by atoms with Crippen LogP contribution in [0.3, 0.4) is 0 Å². The Morgan fingerprint density at radius 3 is 2.47 bits per heavy atom. The Morgan fingerprint density at radius 1 is 1.29 bits per heavy atom. The van der Waals surface area contributed by atoms with Crippen LogP contribution in [0, 0.1) is 11.3 Å². The molecular weight excluding hydrogens is 212 g/mol. The minimum absolute atomic E-state index is 0.142. The van der Waals surface area contributed by atoms with Crippen molar-refractivity contribution in [3.63, 3.8) is 0 Å². The molecule has 1 aliphatic carbocycles. The van der Waals surface area contributed by atoms with Gasteiger partial charge in [-0.25, -0.2) is 0 Å². The van der Waals surface area contributed by atoms with E-state index in [4.69, 9.17) is 10.8 Å². The third-order valence-electron chi connectivity index (χ3n) is 4.27. The van der Waals surface area contributed by atoms with Gasteiger partial charge in [-0.1, -0.05) is 20.8 Å². The van der Waals surface area contributed by atoms with Crippen LogP contribution in [-0.2, 0) is 0 Å².